The summed E-state index contributed by atoms with van der Waals surface area (Å²) in [5, 5.41) is 7.11. The lowest BCUT2D eigenvalue weighted by atomic mass is 9.74. The van der Waals surface area contributed by atoms with E-state index in [4.69, 9.17) is 9.51 Å². The average Bonchev–Trinajstić information content (AvgIpc) is 3.08. The lowest BCUT2D eigenvalue weighted by Crippen LogP contribution is -2.37. The molecule has 0 saturated carbocycles. The predicted molar refractivity (Wildman–Crippen MR) is 106 cm³/mol. The van der Waals surface area contributed by atoms with Crippen molar-refractivity contribution in [2.45, 2.75) is 53.0 Å². The maximum absolute atomic E-state index is 13.0. The molecule has 1 aliphatic rings. The number of aryl methyl sites for hydroxylation is 2. The summed E-state index contributed by atoms with van der Waals surface area (Å²) in [6.07, 6.45) is 8.90. The Labute approximate surface area is 169 Å². The number of hydrogen-bond donors (Lipinski definition) is 1. The van der Waals surface area contributed by atoms with E-state index in [0.717, 1.165) is 24.1 Å². The van der Waals surface area contributed by atoms with Crippen LogP contribution in [-0.4, -0.2) is 31.0 Å². The first kappa shape index (κ1) is 19.2. The van der Waals surface area contributed by atoms with Gasteiger partial charge in [0.1, 0.15) is 17.0 Å². The van der Waals surface area contributed by atoms with Gasteiger partial charge in [0.2, 0.25) is 0 Å². The summed E-state index contributed by atoms with van der Waals surface area (Å²) in [6.45, 7) is 8.09. The summed E-state index contributed by atoms with van der Waals surface area (Å²) >= 11 is 0. The van der Waals surface area contributed by atoms with Crippen LogP contribution in [0, 0.1) is 12.3 Å². The van der Waals surface area contributed by atoms with Crippen molar-refractivity contribution in [1.29, 1.82) is 0 Å². The van der Waals surface area contributed by atoms with Gasteiger partial charge in [-0.25, -0.2) is 15.0 Å². The van der Waals surface area contributed by atoms with E-state index in [2.05, 4.69) is 39.3 Å². The smallest absolute Gasteiger partial charge is 0.257 e. The van der Waals surface area contributed by atoms with Crippen LogP contribution >= 0.6 is 0 Å². The molecule has 3 aromatic rings. The van der Waals surface area contributed by atoms with E-state index in [-0.39, 0.29) is 17.4 Å². The van der Waals surface area contributed by atoms with Crippen LogP contribution in [0.4, 0.5) is 0 Å². The van der Waals surface area contributed by atoms with Gasteiger partial charge in [-0.05, 0) is 25.2 Å². The predicted octanol–water partition coefficient (Wildman–Crippen LogP) is 3.24. The Kier molecular flexibility index (Phi) is 4.86. The number of fused-ring (bicyclic) bond motifs is 1. The number of aromatic nitrogens is 5. The number of rotatable bonds is 4. The topological polar surface area (TPSA) is 107 Å². The van der Waals surface area contributed by atoms with Crippen molar-refractivity contribution < 1.29 is 9.32 Å². The van der Waals surface area contributed by atoms with Gasteiger partial charge in [0.25, 0.3) is 5.91 Å². The maximum Gasteiger partial charge on any atom is 0.257 e. The van der Waals surface area contributed by atoms with Crippen LogP contribution in [0.2, 0.25) is 0 Å². The van der Waals surface area contributed by atoms with E-state index in [1.54, 1.807) is 31.7 Å². The Morgan fingerprint density at radius 3 is 2.83 bits per heavy atom. The van der Waals surface area contributed by atoms with Crippen LogP contribution in [0.15, 0.2) is 29.3 Å². The normalized spacial score (nSPS) is 17.6. The molecule has 0 bridgehead atoms. The molecule has 0 fully saturated rings. The fraction of sp³-hybridized carbons (Fsp3) is 0.429. The Morgan fingerprint density at radius 1 is 1.28 bits per heavy atom. The zero-order valence-electron chi connectivity index (χ0n) is 17.1. The maximum atomic E-state index is 13.0. The molecule has 150 valence electrons. The molecule has 0 aromatic carbocycles. The summed E-state index contributed by atoms with van der Waals surface area (Å²) in [6, 6.07) is -0.184. The van der Waals surface area contributed by atoms with Gasteiger partial charge in [0, 0.05) is 30.6 Å². The number of carbonyl (C=O) groups excluding carboxylic acids is 1. The third-order valence-corrected chi connectivity index (χ3v) is 5.26. The first-order valence-corrected chi connectivity index (χ1v) is 9.76. The van der Waals surface area contributed by atoms with Gasteiger partial charge in [-0.15, -0.1) is 0 Å². The molecule has 1 aliphatic carbocycles. The Hall–Kier alpha value is -3.16. The van der Waals surface area contributed by atoms with Crippen LogP contribution < -0.4 is 5.32 Å². The highest BCUT2D eigenvalue weighted by Gasteiger charge is 2.35. The third kappa shape index (κ3) is 3.74. The number of carbonyl (C=O) groups is 1. The standard InChI is InChI=1S/C21H24N6O2/c1-5-17-18(12(2)27-29-17)20(28)26-15-9-21(3,4)8-14-13(15)10-24-19(25-14)16-11-22-6-7-23-16/h6-7,10-11,15H,5,8-9H2,1-4H3,(H,26,28)/t15-/m1/s1. The van der Waals surface area contributed by atoms with E-state index in [1.165, 1.54) is 0 Å². The molecule has 4 rings (SSSR count). The summed E-state index contributed by atoms with van der Waals surface area (Å²) < 4.78 is 5.28. The van der Waals surface area contributed by atoms with Crippen molar-refractivity contribution in [3.63, 3.8) is 0 Å². The third-order valence-electron chi connectivity index (χ3n) is 5.26. The SMILES string of the molecule is CCc1onc(C)c1C(=O)N[C@@H]1CC(C)(C)Cc2nc(-c3cnccn3)ncc21. The van der Waals surface area contributed by atoms with Gasteiger partial charge in [-0.1, -0.05) is 25.9 Å². The van der Waals surface area contributed by atoms with E-state index in [9.17, 15) is 4.79 Å². The van der Waals surface area contributed by atoms with E-state index >= 15 is 0 Å². The minimum atomic E-state index is -0.184. The lowest BCUT2D eigenvalue weighted by molar-refractivity contribution is 0.0916. The summed E-state index contributed by atoms with van der Waals surface area (Å²) in [5.41, 5.74) is 3.61. The minimum Gasteiger partial charge on any atom is -0.360 e. The van der Waals surface area contributed by atoms with Crippen molar-refractivity contribution >= 4 is 5.91 Å². The van der Waals surface area contributed by atoms with E-state index in [1.807, 2.05) is 6.92 Å². The molecule has 0 unspecified atom stereocenters. The molecule has 8 nitrogen and oxygen atoms in total. The second kappa shape index (κ2) is 7.35. The highest BCUT2D eigenvalue weighted by Crippen LogP contribution is 2.40. The summed E-state index contributed by atoms with van der Waals surface area (Å²) in [4.78, 5) is 30.6. The van der Waals surface area contributed by atoms with Crippen LogP contribution in [0.1, 0.15) is 66.3 Å². The molecule has 1 N–H and O–H groups in total. The zero-order chi connectivity index (χ0) is 20.6. The monoisotopic (exact) mass is 392 g/mol. The van der Waals surface area contributed by atoms with Crippen molar-refractivity contribution in [2.75, 3.05) is 0 Å². The molecule has 0 radical (unpaired) electrons. The molecular weight excluding hydrogens is 368 g/mol. The van der Waals surface area contributed by atoms with Crippen molar-refractivity contribution in [3.8, 4) is 11.5 Å². The second-order valence-corrected chi connectivity index (χ2v) is 8.18. The second-order valence-electron chi connectivity index (χ2n) is 8.18. The van der Waals surface area contributed by atoms with Gasteiger partial charge < -0.3 is 9.84 Å². The van der Waals surface area contributed by atoms with Gasteiger partial charge >= 0.3 is 0 Å². The van der Waals surface area contributed by atoms with Crippen LogP contribution in [0.3, 0.4) is 0 Å². The first-order chi connectivity index (χ1) is 13.9. The van der Waals surface area contributed by atoms with Crippen LogP contribution in [0.5, 0.6) is 0 Å². The Morgan fingerprint density at radius 2 is 2.10 bits per heavy atom. The van der Waals surface area contributed by atoms with E-state index < -0.39 is 0 Å². The van der Waals surface area contributed by atoms with Gasteiger partial charge in [-0.2, -0.15) is 0 Å². The highest BCUT2D eigenvalue weighted by atomic mass is 16.5. The molecule has 1 amide bonds. The molecule has 3 aromatic heterocycles. The van der Waals surface area contributed by atoms with Gasteiger partial charge in [0.05, 0.1) is 23.6 Å². The quantitative estimate of drug-likeness (QED) is 0.726. The molecule has 3 heterocycles. The average molecular weight is 392 g/mol. The fourth-order valence-corrected chi connectivity index (χ4v) is 3.89. The van der Waals surface area contributed by atoms with Gasteiger partial charge in [-0.3, -0.25) is 9.78 Å². The number of hydrogen-bond acceptors (Lipinski definition) is 7. The molecular formula is C21H24N6O2. The van der Waals surface area contributed by atoms with E-state index in [0.29, 0.717) is 35.0 Å². The minimum absolute atomic E-state index is 0.0176. The molecule has 0 spiro atoms. The number of amides is 1. The molecule has 8 heteroatoms. The number of nitrogens with one attached hydrogen (secondary N) is 1. The van der Waals surface area contributed by atoms with Crippen LogP contribution in [-0.2, 0) is 12.8 Å². The summed E-state index contributed by atoms with van der Waals surface area (Å²) in [5.74, 6) is 0.972. The van der Waals surface area contributed by atoms with Crippen molar-refractivity contribution in [3.05, 3.63) is 53.1 Å². The molecule has 1 atom stereocenters. The lowest BCUT2D eigenvalue weighted by Gasteiger charge is -2.36. The highest BCUT2D eigenvalue weighted by molar-refractivity contribution is 5.96. The largest absolute Gasteiger partial charge is 0.360 e. The number of nitrogens with zero attached hydrogens (tertiary/aromatic N) is 5. The van der Waals surface area contributed by atoms with Crippen molar-refractivity contribution in [2.24, 2.45) is 5.41 Å². The fourth-order valence-electron chi connectivity index (χ4n) is 3.89. The van der Waals surface area contributed by atoms with Crippen LogP contribution in [0.25, 0.3) is 11.5 Å². The Balaban J connectivity index is 1.67. The van der Waals surface area contributed by atoms with Crippen molar-refractivity contribution in [1.82, 2.24) is 30.4 Å². The molecule has 29 heavy (non-hydrogen) atoms. The van der Waals surface area contributed by atoms with Gasteiger partial charge in [0.15, 0.2) is 5.82 Å². The summed E-state index contributed by atoms with van der Waals surface area (Å²) in [7, 11) is 0. The zero-order valence-corrected chi connectivity index (χ0v) is 17.1. The molecule has 0 saturated heterocycles. The molecule has 0 aliphatic heterocycles. The Bertz CT molecular complexity index is 1040. The first-order valence-electron chi connectivity index (χ1n) is 9.76.